The number of ether oxygens (including phenoxy) is 2. The molecule has 0 radical (unpaired) electrons. The second kappa shape index (κ2) is 7.36. The second-order valence-electron chi connectivity index (χ2n) is 5.71. The van der Waals surface area contributed by atoms with Crippen molar-refractivity contribution >= 4 is 11.6 Å². The SMILES string of the molecule is CCCN1C(=O)COc2c(OCc3ccccc3)cc(CO)cc21. The van der Waals surface area contributed by atoms with Crippen molar-refractivity contribution in [2.24, 2.45) is 0 Å². The number of aliphatic hydroxyl groups excluding tert-OH is 1. The maximum atomic E-state index is 12.1. The predicted molar refractivity (Wildman–Crippen MR) is 91.3 cm³/mol. The fourth-order valence-corrected chi connectivity index (χ4v) is 2.74. The molecule has 0 unspecified atom stereocenters. The molecular formula is C19H21NO4. The minimum absolute atomic E-state index is 0.00711. The van der Waals surface area contributed by atoms with E-state index in [2.05, 4.69) is 0 Å². The van der Waals surface area contributed by atoms with E-state index in [4.69, 9.17) is 9.47 Å². The Morgan fingerprint density at radius 3 is 2.71 bits per heavy atom. The molecule has 1 amide bonds. The largest absolute Gasteiger partial charge is 0.485 e. The molecule has 5 nitrogen and oxygen atoms in total. The number of hydrogen-bond donors (Lipinski definition) is 1. The van der Waals surface area contributed by atoms with Crippen molar-refractivity contribution in [2.75, 3.05) is 18.1 Å². The molecule has 3 rings (SSSR count). The first-order chi connectivity index (χ1) is 11.7. The molecule has 0 saturated carbocycles. The third kappa shape index (κ3) is 3.36. The van der Waals surface area contributed by atoms with Crippen LogP contribution in [0.15, 0.2) is 42.5 Å². The van der Waals surface area contributed by atoms with E-state index < -0.39 is 0 Å². The summed E-state index contributed by atoms with van der Waals surface area (Å²) in [6.45, 7) is 2.91. The number of carbonyl (C=O) groups is 1. The van der Waals surface area contributed by atoms with Gasteiger partial charge in [-0.05, 0) is 29.7 Å². The van der Waals surface area contributed by atoms with Gasteiger partial charge in [-0.2, -0.15) is 0 Å². The molecule has 0 spiro atoms. The fraction of sp³-hybridized carbons (Fsp3) is 0.316. The molecule has 1 aliphatic heterocycles. The number of amides is 1. The highest BCUT2D eigenvalue weighted by Gasteiger charge is 2.28. The van der Waals surface area contributed by atoms with E-state index >= 15 is 0 Å². The quantitative estimate of drug-likeness (QED) is 0.886. The highest BCUT2D eigenvalue weighted by Crippen LogP contribution is 2.42. The molecule has 24 heavy (non-hydrogen) atoms. The summed E-state index contributed by atoms with van der Waals surface area (Å²) >= 11 is 0. The van der Waals surface area contributed by atoms with E-state index in [0.29, 0.717) is 35.9 Å². The number of rotatable bonds is 6. The van der Waals surface area contributed by atoms with Gasteiger partial charge in [0.1, 0.15) is 6.61 Å². The molecule has 5 heteroatoms. The fourth-order valence-electron chi connectivity index (χ4n) is 2.74. The molecule has 0 aromatic heterocycles. The topological polar surface area (TPSA) is 59.0 Å². The number of anilines is 1. The Labute approximate surface area is 141 Å². The lowest BCUT2D eigenvalue weighted by Gasteiger charge is -2.30. The van der Waals surface area contributed by atoms with Gasteiger partial charge in [0.25, 0.3) is 5.91 Å². The Morgan fingerprint density at radius 1 is 1.21 bits per heavy atom. The van der Waals surface area contributed by atoms with Crippen LogP contribution < -0.4 is 14.4 Å². The van der Waals surface area contributed by atoms with E-state index in [0.717, 1.165) is 12.0 Å². The average molecular weight is 327 g/mol. The van der Waals surface area contributed by atoms with Crippen molar-refractivity contribution in [3.63, 3.8) is 0 Å². The van der Waals surface area contributed by atoms with Crippen LogP contribution in [0.5, 0.6) is 11.5 Å². The van der Waals surface area contributed by atoms with Crippen LogP contribution in [-0.4, -0.2) is 24.2 Å². The van der Waals surface area contributed by atoms with Gasteiger partial charge in [-0.3, -0.25) is 4.79 Å². The number of nitrogens with zero attached hydrogens (tertiary/aromatic N) is 1. The zero-order valence-electron chi connectivity index (χ0n) is 13.7. The molecule has 0 saturated heterocycles. The summed E-state index contributed by atoms with van der Waals surface area (Å²) in [7, 11) is 0. The predicted octanol–water partition coefficient (Wildman–Crippen LogP) is 2.89. The smallest absolute Gasteiger partial charge is 0.265 e. The van der Waals surface area contributed by atoms with Gasteiger partial charge in [0.2, 0.25) is 0 Å². The van der Waals surface area contributed by atoms with Gasteiger partial charge >= 0.3 is 0 Å². The molecule has 2 aromatic rings. The molecular weight excluding hydrogens is 306 g/mol. The van der Waals surface area contributed by atoms with Gasteiger partial charge in [-0.1, -0.05) is 37.3 Å². The van der Waals surface area contributed by atoms with Crippen LogP contribution in [0, 0.1) is 0 Å². The van der Waals surface area contributed by atoms with Crippen LogP contribution in [0.25, 0.3) is 0 Å². The van der Waals surface area contributed by atoms with Crippen LogP contribution in [0.2, 0.25) is 0 Å². The molecule has 1 aliphatic rings. The molecule has 126 valence electrons. The van der Waals surface area contributed by atoms with Crippen molar-refractivity contribution in [1.82, 2.24) is 0 Å². The van der Waals surface area contributed by atoms with Gasteiger partial charge in [-0.15, -0.1) is 0 Å². The van der Waals surface area contributed by atoms with Crippen LogP contribution >= 0.6 is 0 Å². The van der Waals surface area contributed by atoms with Crippen molar-refractivity contribution in [3.8, 4) is 11.5 Å². The highest BCUT2D eigenvalue weighted by atomic mass is 16.5. The summed E-state index contributed by atoms with van der Waals surface area (Å²) in [6, 6.07) is 13.4. The summed E-state index contributed by atoms with van der Waals surface area (Å²) in [6.07, 6.45) is 0.842. The Bertz CT molecular complexity index is 715. The summed E-state index contributed by atoms with van der Waals surface area (Å²) < 4.78 is 11.6. The van der Waals surface area contributed by atoms with Crippen LogP contribution in [0.1, 0.15) is 24.5 Å². The summed E-state index contributed by atoms with van der Waals surface area (Å²) in [5.41, 5.74) is 2.40. The van der Waals surface area contributed by atoms with Crippen molar-refractivity contribution in [2.45, 2.75) is 26.6 Å². The lowest BCUT2D eigenvalue weighted by atomic mass is 10.1. The molecule has 0 aliphatic carbocycles. The molecule has 0 atom stereocenters. The van der Waals surface area contributed by atoms with Crippen LogP contribution in [0.3, 0.4) is 0 Å². The number of hydrogen-bond acceptors (Lipinski definition) is 4. The van der Waals surface area contributed by atoms with Gasteiger partial charge < -0.3 is 19.5 Å². The third-order valence-electron chi connectivity index (χ3n) is 3.89. The van der Waals surface area contributed by atoms with E-state index in [1.165, 1.54) is 0 Å². The van der Waals surface area contributed by atoms with Crippen molar-refractivity contribution < 1.29 is 19.4 Å². The second-order valence-corrected chi connectivity index (χ2v) is 5.71. The number of carbonyl (C=O) groups excluding carboxylic acids is 1. The number of benzene rings is 2. The van der Waals surface area contributed by atoms with E-state index in [-0.39, 0.29) is 19.1 Å². The molecule has 1 N–H and O–H groups in total. The number of aliphatic hydroxyl groups is 1. The maximum Gasteiger partial charge on any atom is 0.265 e. The lowest BCUT2D eigenvalue weighted by Crippen LogP contribution is -2.39. The van der Waals surface area contributed by atoms with Gasteiger partial charge in [-0.25, -0.2) is 0 Å². The Hall–Kier alpha value is -2.53. The summed E-state index contributed by atoms with van der Waals surface area (Å²) in [4.78, 5) is 13.8. The standard InChI is InChI=1S/C19H21NO4/c1-2-8-20-16-9-15(11-21)10-17(19(16)24-13-18(20)22)23-12-14-6-4-3-5-7-14/h3-7,9-10,21H,2,8,11-13H2,1H3. The summed E-state index contributed by atoms with van der Waals surface area (Å²) in [5.74, 6) is 1.04. The first kappa shape index (κ1) is 16.3. The molecule has 0 bridgehead atoms. The molecule has 1 heterocycles. The Kier molecular flexibility index (Phi) is 5.01. The molecule has 2 aromatic carbocycles. The van der Waals surface area contributed by atoms with Crippen molar-refractivity contribution in [3.05, 3.63) is 53.6 Å². The first-order valence-electron chi connectivity index (χ1n) is 8.10. The van der Waals surface area contributed by atoms with Gasteiger partial charge in [0.05, 0.1) is 12.3 Å². The zero-order chi connectivity index (χ0) is 16.9. The van der Waals surface area contributed by atoms with E-state index in [1.54, 1.807) is 17.0 Å². The lowest BCUT2D eigenvalue weighted by molar-refractivity contribution is -0.121. The van der Waals surface area contributed by atoms with Crippen LogP contribution in [0.4, 0.5) is 5.69 Å². The van der Waals surface area contributed by atoms with Crippen LogP contribution in [-0.2, 0) is 18.0 Å². The zero-order valence-corrected chi connectivity index (χ0v) is 13.7. The number of fused-ring (bicyclic) bond motifs is 1. The molecule has 0 fully saturated rings. The monoisotopic (exact) mass is 327 g/mol. The average Bonchev–Trinajstić information content (AvgIpc) is 2.62. The maximum absolute atomic E-state index is 12.1. The van der Waals surface area contributed by atoms with Gasteiger partial charge in [0.15, 0.2) is 18.1 Å². The van der Waals surface area contributed by atoms with E-state index in [1.807, 2.05) is 37.3 Å². The van der Waals surface area contributed by atoms with Crippen molar-refractivity contribution in [1.29, 1.82) is 0 Å². The third-order valence-corrected chi connectivity index (χ3v) is 3.89. The first-order valence-corrected chi connectivity index (χ1v) is 8.10. The normalized spacial score (nSPS) is 13.4. The van der Waals surface area contributed by atoms with E-state index in [9.17, 15) is 9.90 Å². The Morgan fingerprint density at radius 2 is 2.00 bits per heavy atom. The highest BCUT2D eigenvalue weighted by molar-refractivity contribution is 5.98. The minimum atomic E-state index is -0.122. The summed E-state index contributed by atoms with van der Waals surface area (Å²) in [5, 5.41) is 9.53. The van der Waals surface area contributed by atoms with Gasteiger partial charge in [0, 0.05) is 6.54 Å². The Balaban J connectivity index is 1.93. The minimum Gasteiger partial charge on any atom is -0.485 e.